The lowest BCUT2D eigenvalue weighted by molar-refractivity contribution is -0.140. The lowest BCUT2D eigenvalue weighted by Crippen LogP contribution is -2.39. The lowest BCUT2D eigenvalue weighted by Gasteiger charge is -2.28. The molecule has 1 aliphatic rings. The maximum Gasteiger partial charge on any atom is 0.307 e. The smallest absolute Gasteiger partial charge is 0.307 e. The van der Waals surface area contributed by atoms with Crippen LogP contribution in [0, 0.1) is 13.8 Å². The number of carbonyl (C=O) groups is 2. The molecule has 2 rings (SSSR count). The maximum atomic E-state index is 12.9. The second kappa shape index (κ2) is 10.3. The molecule has 0 N–H and O–H groups in total. The number of aryl methyl sites for hydroxylation is 2. The highest BCUT2D eigenvalue weighted by atomic mass is 16.5. The van der Waals surface area contributed by atoms with Gasteiger partial charge in [0.1, 0.15) is 0 Å². The van der Waals surface area contributed by atoms with Crippen molar-refractivity contribution >= 4 is 11.9 Å². The first kappa shape index (κ1) is 20.4. The highest BCUT2D eigenvalue weighted by Crippen LogP contribution is 2.13. The number of rotatable bonds is 8. The first-order valence-corrected chi connectivity index (χ1v) is 9.24. The van der Waals surface area contributed by atoms with Gasteiger partial charge in [0, 0.05) is 38.3 Å². The Morgan fingerprint density at radius 2 is 1.88 bits per heavy atom. The highest BCUT2D eigenvalue weighted by Gasteiger charge is 2.18. The molecule has 0 bridgehead atoms. The number of morpholine rings is 1. The predicted octanol–water partition coefficient (Wildman–Crippen LogP) is 2.03. The van der Waals surface area contributed by atoms with E-state index in [0.717, 1.165) is 50.4 Å². The molecular weight excluding hydrogens is 332 g/mol. The molecule has 1 amide bonds. The van der Waals surface area contributed by atoms with Gasteiger partial charge in [0.25, 0.3) is 5.91 Å². The Labute approximate surface area is 156 Å². The fraction of sp³-hybridized carbons (Fsp3) is 0.600. The summed E-state index contributed by atoms with van der Waals surface area (Å²) in [5.74, 6) is -0.324. The number of esters is 1. The molecule has 0 spiro atoms. The van der Waals surface area contributed by atoms with Crippen LogP contribution in [-0.2, 0) is 14.3 Å². The van der Waals surface area contributed by atoms with Gasteiger partial charge in [-0.25, -0.2) is 0 Å². The van der Waals surface area contributed by atoms with E-state index in [1.54, 1.807) is 4.90 Å². The molecular formula is C20H30N2O4. The predicted molar refractivity (Wildman–Crippen MR) is 100 cm³/mol. The normalized spacial score (nSPS) is 14.9. The van der Waals surface area contributed by atoms with Gasteiger partial charge in [-0.3, -0.25) is 14.5 Å². The zero-order chi connectivity index (χ0) is 18.9. The third-order valence-corrected chi connectivity index (χ3v) is 4.86. The quantitative estimate of drug-likeness (QED) is 0.662. The summed E-state index contributed by atoms with van der Waals surface area (Å²) in [6.45, 7) is 9.38. The van der Waals surface area contributed by atoms with E-state index in [0.29, 0.717) is 18.7 Å². The van der Waals surface area contributed by atoms with E-state index in [4.69, 9.17) is 9.47 Å². The van der Waals surface area contributed by atoms with Crippen molar-refractivity contribution in [1.82, 2.24) is 9.80 Å². The van der Waals surface area contributed by atoms with Gasteiger partial charge in [0.2, 0.25) is 0 Å². The largest absolute Gasteiger partial charge is 0.469 e. The number of ether oxygens (including phenoxy) is 2. The Morgan fingerprint density at radius 1 is 1.15 bits per heavy atom. The minimum absolute atomic E-state index is 0.0287. The average molecular weight is 362 g/mol. The van der Waals surface area contributed by atoms with Crippen LogP contribution in [0.1, 0.15) is 34.3 Å². The summed E-state index contributed by atoms with van der Waals surface area (Å²) in [6.07, 6.45) is 1.09. The van der Waals surface area contributed by atoms with Crippen LogP contribution < -0.4 is 0 Å². The molecule has 0 radical (unpaired) electrons. The number of benzene rings is 1. The first-order valence-electron chi connectivity index (χ1n) is 9.24. The van der Waals surface area contributed by atoms with Crippen LogP contribution in [0.2, 0.25) is 0 Å². The minimum Gasteiger partial charge on any atom is -0.469 e. The Kier molecular flexibility index (Phi) is 8.06. The molecule has 1 aromatic rings. The number of hydrogen-bond acceptors (Lipinski definition) is 5. The molecule has 0 atom stereocenters. The molecule has 1 fully saturated rings. The molecule has 1 heterocycles. The van der Waals surface area contributed by atoms with Crippen molar-refractivity contribution in [3.63, 3.8) is 0 Å². The molecule has 0 unspecified atom stereocenters. The van der Waals surface area contributed by atoms with E-state index >= 15 is 0 Å². The second-order valence-electron chi connectivity index (χ2n) is 6.72. The van der Waals surface area contributed by atoms with Gasteiger partial charge in [-0.05, 0) is 43.5 Å². The summed E-state index contributed by atoms with van der Waals surface area (Å²) >= 11 is 0. The van der Waals surface area contributed by atoms with Gasteiger partial charge in [-0.2, -0.15) is 0 Å². The number of methoxy groups -OCH3 is 1. The van der Waals surface area contributed by atoms with Gasteiger partial charge in [-0.15, -0.1) is 0 Å². The highest BCUT2D eigenvalue weighted by molar-refractivity contribution is 5.94. The number of amides is 1. The average Bonchev–Trinajstić information content (AvgIpc) is 2.66. The summed E-state index contributed by atoms with van der Waals surface area (Å²) in [6, 6.07) is 5.75. The molecule has 1 aliphatic heterocycles. The number of hydrogen-bond donors (Lipinski definition) is 0. The van der Waals surface area contributed by atoms with Gasteiger partial charge in [0.15, 0.2) is 0 Å². The summed E-state index contributed by atoms with van der Waals surface area (Å²) in [7, 11) is 1.37. The topological polar surface area (TPSA) is 59.1 Å². The van der Waals surface area contributed by atoms with Crippen LogP contribution in [0.3, 0.4) is 0 Å². The van der Waals surface area contributed by atoms with Crippen molar-refractivity contribution in [2.24, 2.45) is 0 Å². The van der Waals surface area contributed by atoms with Crippen LogP contribution >= 0.6 is 0 Å². The standard InChI is InChI=1S/C20H30N2O4/c1-16-5-6-18(15-17(16)2)20(24)22(10-7-19(23)25-3)9-4-8-21-11-13-26-14-12-21/h5-6,15H,4,7-14H2,1-3H3. The molecule has 1 aromatic carbocycles. The van der Waals surface area contributed by atoms with Gasteiger partial charge in [0.05, 0.1) is 26.7 Å². The van der Waals surface area contributed by atoms with Crippen LogP contribution in [-0.4, -0.2) is 74.7 Å². The van der Waals surface area contributed by atoms with E-state index in [1.165, 1.54) is 7.11 Å². The summed E-state index contributed by atoms with van der Waals surface area (Å²) < 4.78 is 10.1. The third-order valence-electron chi connectivity index (χ3n) is 4.86. The maximum absolute atomic E-state index is 12.9. The van der Waals surface area contributed by atoms with Gasteiger partial charge in [-0.1, -0.05) is 6.07 Å². The Hall–Kier alpha value is -1.92. The van der Waals surface area contributed by atoms with Crippen LogP contribution in [0.25, 0.3) is 0 Å². The molecule has 0 aromatic heterocycles. The van der Waals surface area contributed by atoms with Crippen LogP contribution in [0.4, 0.5) is 0 Å². The number of nitrogens with zero attached hydrogens (tertiary/aromatic N) is 2. The minimum atomic E-state index is -0.295. The fourth-order valence-corrected chi connectivity index (χ4v) is 3.01. The monoisotopic (exact) mass is 362 g/mol. The van der Waals surface area contributed by atoms with Crippen LogP contribution in [0.5, 0.6) is 0 Å². The van der Waals surface area contributed by atoms with Gasteiger partial charge < -0.3 is 14.4 Å². The van der Waals surface area contributed by atoms with Crippen molar-refractivity contribution in [1.29, 1.82) is 0 Å². The summed E-state index contributed by atoms with van der Waals surface area (Å²) in [5, 5.41) is 0. The zero-order valence-corrected chi connectivity index (χ0v) is 16.1. The first-order chi connectivity index (χ1) is 12.5. The van der Waals surface area contributed by atoms with Gasteiger partial charge >= 0.3 is 5.97 Å². The van der Waals surface area contributed by atoms with Crippen molar-refractivity contribution < 1.29 is 19.1 Å². The zero-order valence-electron chi connectivity index (χ0n) is 16.1. The van der Waals surface area contributed by atoms with E-state index in [9.17, 15) is 9.59 Å². The second-order valence-corrected chi connectivity index (χ2v) is 6.72. The summed E-state index contributed by atoms with van der Waals surface area (Å²) in [4.78, 5) is 28.6. The Bertz CT molecular complexity index is 612. The molecule has 26 heavy (non-hydrogen) atoms. The summed E-state index contributed by atoms with van der Waals surface area (Å²) in [5.41, 5.74) is 2.93. The van der Waals surface area contributed by atoms with Crippen molar-refractivity contribution in [2.75, 3.05) is 53.0 Å². The van der Waals surface area contributed by atoms with E-state index in [-0.39, 0.29) is 18.3 Å². The molecule has 0 saturated carbocycles. The van der Waals surface area contributed by atoms with Crippen molar-refractivity contribution in [2.45, 2.75) is 26.7 Å². The molecule has 144 valence electrons. The SMILES string of the molecule is COC(=O)CCN(CCCN1CCOCC1)C(=O)c1ccc(C)c(C)c1. The van der Waals surface area contributed by atoms with E-state index < -0.39 is 0 Å². The van der Waals surface area contributed by atoms with Crippen LogP contribution in [0.15, 0.2) is 18.2 Å². The Balaban J connectivity index is 1.97. The fourth-order valence-electron chi connectivity index (χ4n) is 3.01. The molecule has 0 aliphatic carbocycles. The Morgan fingerprint density at radius 3 is 2.54 bits per heavy atom. The number of carbonyl (C=O) groups excluding carboxylic acids is 2. The molecule has 6 heteroatoms. The van der Waals surface area contributed by atoms with E-state index in [1.807, 2.05) is 32.0 Å². The van der Waals surface area contributed by atoms with Crippen molar-refractivity contribution in [3.8, 4) is 0 Å². The van der Waals surface area contributed by atoms with E-state index in [2.05, 4.69) is 4.90 Å². The van der Waals surface area contributed by atoms with Crippen molar-refractivity contribution in [3.05, 3.63) is 34.9 Å². The third kappa shape index (κ3) is 6.11. The lowest BCUT2D eigenvalue weighted by atomic mass is 10.1. The molecule has 6 nitrogen and oxygen atoms in total. The molecule has 1 saturated heterocycles.